The van der Waals surface area contributed by atoms with Crippen molar-refractivity contribution in [2.45, 2.75) is 6.42 Å². The number of nitrogens with one attached hydrogen (secondary N) is 1. The zero-order valence-electron chi connectivity index (χ0n) is 11.9. The second-order valence-electron chi connectivity index (χ2n) is 4.73. The van der Waals surface area contributed by atoms with Crippen molar-refractivity contribution in [3.63, 3.8) is 0 Å². The Labute approximate surface area is 122 Å². The molecule has 2 aromatic heterocycles. The number of nitrogens with zero attached hydrogens (tertiary/aromatic N) is 3. The van der Waals surface area contributed by atoms with Crippen LogP contribution in [0.4, 0.5) is 10.7 Å². The number of rotatable bonds is 5. The lowest BCUT2D eigenvalue weighted by Crippen LogP contribution is -2.21. The largest absolute Gasteiger partial charge is 0.397 e. The first-order chi connectivity index (χ1) is 9.49. The highest BCUT2D eigenvalue weighted by molar-refractivity contribution is 7.18. The van der Waals surface area contributed by atoms with Crippen LogP contribution in [0.25, 0.3) is 0 Å². The molecular weight excluding hydrogens is 274 g/mol. The number of aromatic nitrogens is 2. The van der Waals surface area contributed by atoms with E-state index in [1.807, 2.05) is 17.8 Å². The van der Waals surface area contributed by atoms with Crippen molar-refractivity contribution in [2.24, 2.45) is 7.05 Å². The van der Waals surface area contributed by atoms with E-state index in [4.69, 9.17) is 5.73 Å². The van der Waals surface area contributed by atoms with E-state index in [9.17, 15) is 4.79 Å². The predicted octanol–water partition coefficient (Wildman–Crippen LogP) is 1.42. The van der Waals surface area contributed by atoms with E-state index in [2.05, 4.69) is 10.3 Å². The van der Waals surface area contributed by atoms with Crippen molar-refractivity contribution in [3.8, 4) is 0 Å². The second-order valence-corrected chi connectivity index (χ2v) is 5.78. The Kier molecular flexibility index (Phi) is 4.29. The Morgan fingerprint density at radius 1 is 1.55 bits per heavy atom. The summed E-state index contributed by atoms with van der Waals surface area (Å²) in [7, 11) is 5.41. The molecule has 2 rings (SSSR count). The van der Waals surface area contributed by atoms with Crippen molar-refractivity contribution in [1.82, 2.24) is 14.5 Å². The Morgan fingerprint density at radius 2 is 2.30 bits per heavy atom. The molecule has 0 bridgehead atoms. The number of carbonyl (C=O) groups is 1. The van der Waals surface area contributed by atoms with E-state index in [-0.39, 0.29) is 5.91 Å². The van der Waals surface area contributed by atoms with Gasteiger partial charge in [0.25, 0.3) is 5.91 Å². The van der Waals surface area contributed by atoms with Gasteiger partial charge in [0, 0.05) is 46.5 Å². The number of hydrogen-bond donors (Lipinski definition) is 2. The van der Waals surface area contributed by atoms with E-state index >= 15 is 0 Å². The minimum atomic E-state index is -0.0651. The molecule has 0 aliphatic heterocycles. The molecular formula is C13H19N5OS. The summed E-state index contributed by atoms with van der Waals surface area (Å²) in [6.07, 6.45) is 4.52. The highest BCUT2D eigenvalue weighted by atomic mass is 32.1. The van der Waals surface area contributed by atoms with Crippen LogP contribution in [0.5, 0.6) is 0 Å². The smallest absolute Gasteiger partial charge is 0.265 e. The van der Waals surface area contributed by atoms with E-state index in [0.717, 1.165) is 23.8 Å². The van der Waals surface area contributed by atoms with Gasteiger partial charge in [-0.1, -0.05) is 0 Å². The molecule has 1 amide bonds. The normalized spacial score (nSPS) is 10.6. The molecule has 0 radical (unpaired) electrons. The Morgan fingerprint density at radius 3 is 2.90 bits per heavy atom. The summed E-state index contributed by atoms with van der Waals surface area (Å²) in [5, 5.41) is 4.18. The maximum absolute atomic E-state index is 11.9. The molecule has 0 aromatic carbocycles. The van der Waals surface area contributed by atoms with Crippen LogP contribution < -0.4 is 11.1 Å². The molecule has 0 unspecified atom stereocenters. The molecule has 108 valence electrons. The van der Waals surface area contributed by atoms with E-state index in [1.54, 1.807) is 26.4 Å². The first kappa shape index (κ1) is 14.4. The molecule has 0 saturated heterocycles. The molecule has 0 aliphatic rings. The predicted molar refractivity (Wildman–Crippen MR) is 82.2 cm³/mol. The van der Waals surface area contributed by atoms with Crippen LogP contribution in [0.3, 0.4) is 0 Å². The van der Waals surface area contributed by atoms with Gasteiger partial charge < -0.3 is 20.5 Å². The lowest BCUT2D eigenvalue weighted by Gasteiger charge is -2.08. The summed E-state index contributed by atoms with van der Waals surface area (Å²) in [6.45, 7) is 0.750. The third-order valence-electron chi connectivity index (χ3n) is 2.93. The number of anilines is 2. The molecule has 0 fully saturated rings. The maximum Gasteiger partial charge on any atom is 0.265 e. The summed E-state index contributed by atoms with van der Waals surface area (Å²) >= 11 is 1.38. The average Bonchev–Trinajstić information content (AvgIpc) is 2.95. The number of hydrogen-bond acceptors (Lipinski definition) is 5. The SMILES string of the molecule is CN(C)C(=O)c1sc(NCCc2nccn2C)cc1N. The Balaban J connectivity index is 1.96. The van der Waals surface area contributed by atoms with Crippen LogP contribution in [0, 0.1) is 0 Å². The summed E-state index contributed by atoms with van der Waals surface area (Å²) in [6, 6.07) is 1.81. The molecule has 3 N–H and O–H groups in total. The molecule has 6 nitrogen and oxygen atoms in total. The quantitative estimate of drug-likeness (QED) is 0.874. The summed E-state index contributed by atoms with van der Waals surface area (Å²) in [5.74, 6) is 0.955. The molecule has 2 aromatic rings. The molecule has 2 heterocycles. The van der Waals surface area contributed by atoms with Gasteiger partial charge in [-0.25, -0.2) is 4.98 Å². The van der Waals surface area contributed by atoms with Gasteiger partial charge in [-0.3, -0.25) is 4.79 Å². The summed E-state index contributed by atoms with van der Waals surface area (Å²) in [4.78, 5) is 18.3. The third-order valence-corrected chi connectivity index (χ3v) is 4.03. The van der Waals surface area contributed by atoms with Crippen LogP contribution in [0.2, 0.25) is 0 Å². The van der Waals surface area contributed by atoms with Crippen molar-refractivity contribution in [2.75, 3.05) is 31.7 Å². The molecule has 20 heavy (non-hydrogen) atoms. The van der Waals surface area contributed by atoms with Crippen LogP contribution in [-0.2, 0) is 13.5 Å². The number of carbonyl (C=O) groups excluding carboxylic acids is 1. The van der Waals surface area contributed by atoms with Crippen molar-refractivity contribution < 1.29 is 4.79 Å². The topological polar surface area (TPSA) is 76.2 Å². The van der Waals surface area contributed by atoms with Crippen molar-refractivity contribution >= 4 is 27.9 Å². The zero-order chi connectivity index (χ0) is 14.7. The average molecular weight is 293 g/mol. The van der Waals surface area contributed by atoms with Crippen molar-refractivity contribution in [3.05, 3.63) is 29.2 Å². The summed E-state index contributed by atoms with van der Waals surface area (Å²) < 4.78 is 1.99. The monoisotopic (exact) mass is 293 g/mol. The first-order valence-corrected chi connectivity index (χ1v) is 7.11. The Bertz CT molecular complexity index is 602. The fourth-order valence-electron chi connectivity index (χ4n) is 1.80. The molecule has 0 spiro atoms. The maximum atomic E-state index is 11.9. The lowest BCUT2D eigenvalue weighted by atomic mass is 10.3. The van der Waals surface area contributed by atoms with Gasteiger partial charge >= 0.3 is 0 Å². The minimum Gasteiger partial charge on any atom is -0.397 e. The first-order valence-electron chi connectivity index (χ1n) is 6.30. The van der Waals surface area contributed by atoms with E-state index in [1.165, 1.54) is 16.2 Å². The highest BCUT2D eigenvalue weighted by Crippen LogP contribution is 2.29. The van der Waals surface area contributed by atoms with Gasteiger partial charge in [0.1, 0.15) is 10.7 Å². The van der Waals surface area contributed by atoms with E-state index in [0.29, 0.717) is 10.6 Å². The van der Waals surface area contributed by atoms with Gasteiger partial charge in [-0.2, -0.15) is 0 Å². The molecule has 0 atom stereocenters. The molecule has 0 saturated carbocycles. The summed E-state index contributed by atoms with van der Waals surface area (Å²) in [5.41, 5.74) is 6.40. The number of nitrogens with two attached hydrogens (primary N) is 1. The van der Waals surface area contributed by atoms with Crippen LogP contribution in [0.1, 0.15) is 15.5 Å². The minimum absolute atomic E-state index is 0.0651. The lowest BCUT2D eigenvalue weighted by molar-refractivity contribution is 0.0833. The van der Waals surface area contributed by atoms with Gasteiger partial charge in [0.2, 0.25) is 0 Å². The van der Waals surface area contributed by atoms with Gasteiger partial charge in [-0.05, 0) is 6.07 Å². The zero-order valence-corrected chi connectivity index (χ0v) is 12.7. The number of amides is 1. The molecule has 0 aliphatic carbocycles. The van der Waals surface area contributed by atoms with Gasteiger partial charge in [0.15, 0.2) is 0 Å². The standard InChI is InChI=1S/C13H19N5OS/c1-17(2)13(19)12-9(14)8-11(20-12)16-5-4-10-15-6-7-18(10)3/h6-8,16H,4-5,14H2,1-3H3. The fraction of sp³-hybridized carbons (Fsp3) is 0.385. The van der Waals surface area contributed by atoms with Gasteiger partial charge in [0.05, 0.1) is 10.7 Å². The number of aryl methyl sites for hydroxylation is 1. The second kappa shape index (κ2) is 5.96. The van der Waals surface area contributed by atoms with Crippen LogP contribution in [-0.4, -0.2) is 41.0 Å². The van der Waals surface area contributed by atoms with Gasteiger partial charge in [-0.15, -0.1) is 11.3 Å². The van der Waals surface area contributed by atoms with Crippen LogP contribution >= 0.6 is 11.3 Å². The third kappa shape index (κ3) is 3.11. The number of nitrogen functional groups attached to an aromatic ring is 1. The highest BCUT2D eigenvalue weighted by Gasteiger charge is 2.15. The van der Waals surface area contributed by atoms with E-state index < -0.39 is 0 Å². The van der Waals surface area contributed by atoms with Crippen molar-refractivity contribution in [1.29, 1.82) is 0 Å². The molecule has 7 heteroatoms. The number of imidazole rings is 1. The fourth-order valence-corrected chi connectivity index (χ4v) is 2.82. The Hall–Kier alpha value is -2.02. The van der Waals surface area contributed by atoms with Crippen LogP contribution in [0.15, 0.2) is 18.5 Å². The number of thiophene rings is 1.